The Morgan fingerprint density at radius 2 is 1.59 bits per heavy atom. The highest BCUT2D eigenvalue weighted by molar-refractivity contribution is 6.30. The van der Waals surface area contributed by atoms with Crippen LogP contribution in [0.2, 0.25) is 5.02 Å². The van der Waals surface area contributed by atoms with E-state index >= 15 is 0 Å². The van der Waals surface area contributed by atoms with Gasteiger partial charge in [-0.05, 0) is 43.5 Å². The highest BCUT2D eigenvalue weighted by atomic mass is 35.5. The first-order valence-electron chi connectivity index (χ1n) is 9.10. The monoisotopic (exact) mass is 394 g/mol. The van der Waals surface area contributed by atoms with Crippen molar-refractivity contribution < 1.29 is 19.1 Å². The summed E-state index contributed by atoms with van der Waals surface area (Å²) in [4.78, 5) is 24.0. The molecule has 0 saturated heterocycles. The van der Waals surface area contributed by atoms with Crippen LogP contribution in [0, 0.1) is 5.92 Å². The maximum atomic E-state index is 12.0. The van der Waals surface area contributed by atoms with Gasteiger partial charge in [0.25, 0.3) is 5.91 Å². The number of hydrogen-bond acceptors (Lipinski definition) is 4. The van der Waals surface area contributed by atoms with Gasteiger partial charge in [0, 0.05) is 17.1 Å². The molecule has 0 fully saturated rings. The summed E-state index contributed by atoms with van der Waals surface area (Å²) in [5.74, 6) is 0.562. The number of amides is 2. The predicted octanol–water partition coefficient (Wildman–Crippen LogP) is 2.71. The lowest BCUT2D eigenvalue weighted by Crippen LogP contribution is -2.40. The number of nitrogens with one attached hydrogen (secondary N) is 2. The van der Waals surface area contributed by atoms with E-state index < -0.39 is 0 Å². The largest absolute Gasteiger partial charge is 0.484 e. The number of benzene rings is 1. The third kappa shape index (κ3) is 7.61. The van der Waals surface area contributed by atoms with Gasteiger partial charge in [-0.2, -0.15) is 0 Å². The Morgan fingerprint density at radius 3 is 2.15 bits per heavy atom. The highest BCUT2D eigenvalue weighted by Gasteiger charge is 2.22. The van der Waals surface area contributed by atoms with Crippen LogP contribution < -0.4 is 15.4 Å². The van der Waals surface area contributed by atoms with Crippen LogP contribution in [-0.2, 0) is 14.3 Å². The van der Waals surface area contributed by atoms with Crippen molar-refractivity contribution in [1.29, 1.82) is 0 Å². The van der Waals surface area contributed by atoms with E-state index in [1.54, 1.807) is 24.3 Å². The summed E-state index contributed by atoms with van der Waals surface area (Å²) in [5, 5.41) is 6.37. The smallest absolute Gasteiger partial charge is 0.258 e. The molecule has 0 heterocycles. The molecule has 1 aromatic carbocycles. The minimum Gasteiger partial charge on any atom is -0.484 e. The molecule has 3 atom stereocenters. The SMILES string of the molecule is CC(C)C(C)OCC(=O)NC1C=CC(NC(=O)COc2ccc(Cl)cc2)C1. The van der Waals surface area contributed by atoms with Gasteiger partial charge in [0.05, 0.1) is 6.10 Å². The Hall–Kier alpha value is -2.05. The number of ether oxygens (including phenoxy) is 2. The molecule has 2 N–H and O–H groups in total. The summed E-state index contributed by atoms with van der Waals surface area (Å²) in [6, 6.07) is 6.57. The van der Waals surface area contributed by atoms with Gasteiger partial charge in [0.15, 0.2) is 6.61 Å². The fourth-order valence-electron chi connectivity index (χ4n) is 2.49. The van der Waals surface area contributed by atoms with Crippen molar-refractivity contribution in [2.45, 2.75) is 45.4 Å². The van der Waals surface area contributed by atoms with Crippen molar-refractivity contribution in [2.75, 3.05) is 13.2 Å². The van der Waals surface area contributed by atoms with Crippen molar-refractivity contribution >= 4 is 23.4 Å². The minimum absolute atomic E-state index is 0.0301. The summed E-state index contributed by atoms with van der Waals surface area (Å²) in [5.41, 5.74) is 0. The molecule has 7 heteroatoms. The average Bonchev–Trinajstić information content (AvgIpc) is 3.05. The molecule has 0 spiro atoms. The van der Waals surface area contributed by atoms with Crippen LogP contribution in [0.4, 0.5) is 0 Å². The van der Waals surface area contributed by atoms with Gasteiger partial charge in [-0.1, -0.05) is 37.6 Å². The molecule has 6 nitrogen and oxygen atoms in total. The standard InChI is InChI=1S/C20H27ClN2O4/c1-13(2)14(3)26-11-19(24)22-16-6-7-17(10-16)23-20(25)12-27-18-8-4-15(21)5-9-18/h4-9,13-14,16-17H,10-12H2,1-3H3,(H,22,24)(H,23,25). The summed E-state index contributed by atoms with van der Waals surface area (Å²) < 4.78 is 10.9. The second kappa shape index (κ2) is 10.3. The van der Waals surface area contributed by atoms with Gasteiger partial charge in [0.2, 0.25) is 5.91 Å². The van der Waals surface area contributed by atoms with Crippen LogP contribution in [-0.4, -0.2) is 43.2 Å². The molecule has 0 aromatic heterocycles. The average molecular weight is 395 g/mol. The van der Waals surface area contributed by atoms with E-state index in [-0.39, 0.29) is 43.2 Å². The third-order valence-electron chi connectivity index (χ3n) is 4.38. The predicted molar refractivity (Wildman–Crippen MR) is 105 cm³/mol. The van der Waals surface area contributed by atoms with E-state index in [0.29, 0.717) is 23.1 Å². The third-order valence-corrected chi connectivity index (χ3v) is 4.63. The lowest BCUT2D eigenvalue weighted by molar-refractivity contribution is -0.128. The zero-order valence-corrected chi connectivity index (χ0v) is 16.7. The first-order valence-corrected chi connectivity index (χ1v) is 9.48. The minimum atomic E-state index is -0.222. The molecule has 3 unspecified atom stereocenters. The molecule has 0 bridgehead atoms. The van der Waals surface area contributed by atoms with E-state index in [4.69, 9.17) is 21.1 Å². The molecule has 2 rings (SSSR count). The molecule has 1 aliphatic rings. The van der Waals surface area contributed by atoms with E-state index in [9.17, 15) is 9.59 Å². The molecule has 0 aliphatic heterocycles. The molecule has 0 radical (unpaired) electrons. The number of rotatable bonds is 9. The Morgan fingerprint density at radius 1 is 1.04 bits per heavy atom. The van der Waals surface area contributed by atoms with Gasteiger partial charge < -0.3 is 20.1 Å². The summed E-state index contributed by atoms with van der Waals surface area (Å²) in [7, 11) is 0. The Bertz CT molecular complexity index is 660. The van der Waals surface area contributed by atoms with Crippen LogP contribution >= 0.6 is 11.6 Å². The summed E-state index contributed by atoms with van der Waals surface area (Å²) in [6.45, 7) is 6.00. The number of carbonyl (C=O) groups excluding carboxylic acids is 2. The van der Waals surface area contributed by atoms with Crippen molar-refractivity contribution in [2.24, 2.45) is 5.92 Å². The molecule has 27 heavy (non-hydrogen) atoms. The number of hydrogen-bond donors (Lipinski definition) is 2. The maximum absolute atomic E-state index is 12.0. The lowest BCUT2D eigenvalue weighted by atomic mass is 10.1. The molecule has 0 saturated carbocycles. The highest BCUT2D eigenvalue weighted by Crippen LogP contribution is 2.15. The number of carbonyl (C=O) groups is 2. The van der Waals surface area contributed by atoms with Crippen LogP contribution in [0.3, 0.4) is 0 Å². The second-order valence-corrected chi connectivity index (χ2v) is 7.41. The first kappa shape index (κ1) is 21.3. The van der Waals surface area contributed by atoms with Gasteiger partial charge in [-0.3, -0.25) is 9.59 Å². The Labute approximate surface area is 165 Å². The zero-order valence-electron chi connectivity index (χ0n) is 15.9. The normalized spacial score (nSPS) is 19.7. The fraction of sp³-hybridized carbons (Fsp3) is 0.500. The van der Waals surface area contributed by atoms with E-state index in [1.807, 2.05) is 32.9 Å². The van der Waals surface area contributed by atoms with Crippen LogP contribution in [0.5, 0.6) is 5.75 Å². The first-order chi connectivity index (χ1) is 12.8. The van der Waals surface area contributed by atoms with Crippen molar-refractivity contribution in [3.05, 3.63) is 41.4 Å². The van der Waals surface area contributed by atoms with E-state index in [0.717, 1.165) is 0 Å². The zero-order chi connectivity index (χ0) is 19.8. The maximum Gasteiger partial charge on any atom is 0.258 e. The van der Waals surface area contributed by atoms with Crippen molar-refractivity contribution in [1.82, 2.24) is 10.6 Å². The van der Waals surface area contributed by atoms with Gasteiger partial charge in [-0.15, -0.1) is 0 Å². The number of halogens is 1. The van der Waals surface area contributed by atoms with Gasteiger partial charge in [0.1, 0.15) is 12.4 Å². The van der Waals surface area contributed by atoms with Crippen molar-refractivity contribution in [3.8, 4) is 5.75 Å². The Balaban J connectivity index is 1.65. The van der Waals surface area contributed by atoms with Crippen molar-refractivity contribution in [3.63, 3.8) is 0 Å². The molecule has 1 aromatic rings. The van der Waals surface area contributed by atoms with Gasteiger partial charge >= 0.3 is 0 Å². The topological polar surface area (TPSA) is 76.7 Å². The van der Waals surface area contributed by atoms with E-state index in [1.165, 1.54) is 0 Å². The molecule has 1 aliphatic carbocycles. The van der Waals surface area contributed by atoms with Gasteiger partial charge in [-0.25, -0.2) is 0 Å². The molecular weight excluding hydrogens is 368 g/mol. The van der Waals surface area contributed by atoms with Crippen LogP contribution in [0.15, 0.2) is 36.4 Å². The molecule has 148 valence electrons. The Kier molecular flexibility index (Phi) is 8.13. The molecule has 2 amide bonds. The van der Waals surface area contributed by atoms with E-state index in [2.05, 4.69) is 10.6 Å². The lowest BCUT2D eigenvalue weighted by Gasteiger charge is -2.18. The van der Waals surface area contributed by atoms with Crippen LogP contribution in [0.1, 0.15) is 27.2 Å². The second-order valence-electron chi connectivity index (χ2n) is 6.97. The quantitative estimate of drug-likeness (QED) is 0.631. The molecular formula is C20H27ClN2O4. The fourth-order valence-corrected chi connectivity index (χ4v) is 2.62. The summed E-state index contributed by atoms with van der Waals surface area (Å²) in [6.07, 6.45) is 4.40. The van der Waals surface area contributed by atoms with Crippen LogP contribution in [0.25, 0.3) is 0 Å². The summed E-state index contributed by atoms with van der Waals surface area (Å²) >= 11 is 5.81.